The fourth-order valence-electron chi connectivity index (χ4n) is 0.976. The summed E-state index contributed by atoms with van der Waals surface area (Å²) in [5.74, 6) is 0. The van der Waals surface area contributed by atoms with Crippen LogP contribution in [0.1, 0.15) is 5.69 Å². The van der Waals surface area contributed by atoms with E-state index in [1.54, 1.807) is 29.2 Å². The highest BCUT2D eigenvalue weighted by atomic mass is 16.3. The zero-order chi connectivity index (χ0) is 7.68. The molecule has 2 aromatic rings. The van der Waals surface area contributed by atoms with E-state index < -0.39 is 0 Å². The molecule has 0 amide bonds. The molecule has 2 heterocycles. The predicted octanol–water partition coefficient (Wildman–Crippen LogP) is 0.222. The van der Waals surface area contributed by atoms with Gasteiger partial charge in [0.1, 0.15) is 0 Å². The molecule has 0 aliphatic rings. The van der Waals surface area contributed by atoms with Crippen molar-refractivity contribution in [3.8, 4) is 0 Å². The van der Waals surface area contributed by atoms with Crippen LogP contribution in [0.4, 0.5) is 0 Å². The van der Waals surface area contributed by atoms with E-state index in [1.807, 2.05) is 0 Å². The second-order valence-electron chi connectivity index (χ2n) is 2.24. The van der Waals surface area contributed by atoms with Crippen molar-refractivity contribution in [3.05, 3.63) is 30.4 Å². The Hall–Kier alpha value is -1.42. The van der Waals surface area contributed by atoms with E-state index in [2.05, 4.69) is 10.1 Å². The number of aliphatic hydroxyl groups excluding tert-OH is 1. The Kier molecular flexibility index (Phi) is 1.33. The van der Waals surface area contributed by atoms with E-state index in [-0.39, 0.29) is 6.61 Å². The van der Waals surface area contributed by atoms with Crippen molar-refractivity contribution < 1.29 is 5.11 Å². The summed E-state index contributed by atoms with van der Waals surface area (Å²) >= 11 is 0. The van der Waals surface area contributed by atoms with E-state index in [0.717, 1.165) is 5.52 Å². The van der Waals surface area contributed by atoms with Crippen molar-refractivity contribution in [1.29, 1.82) is 0 Å². The molecule has 0 spiro atoms. The van der Waals surface area contributed by atoms with Crippen molar-refractivity contribution >= 4 is 5.52 Å². The SMILES string of the molecule is OCc1cc2cnccn2n1. The van der Waals surface area contributed by atoms with Gasteiger partial charge in [-0.1, -0.05) is 0 Å². The molecule has 11 heavy (non-hydrogen) atoms. The summed E-state index contributed by atoms with van der Waals surface area (Å²) in [6.45, 7) is -0.0261. The molecule has 0 fully saturated rings. The molecule has 1 N–H and O–H groups in total. The molecule has 0 saturated heterocycles. The third-order valence-corrected chi connectivity index (χ3v) is 1.48. The van der Waals surface area contributed by atoms with Crippen LogP contribution in [0.15, 0.2) is 24.7 Å². The lowest BCUT2D eigenvalue weighted by molar-refractivity contribution is 0.276. The normalized spacial score (nSPS) is 10.6. The first-order valence-electron chi connectivity index (χ1n) is 3.29. The Bertz CT molecular complexity index is 335. The standard InChI is InChI=1S/C7H7N3O/c11-5-6-3-7-4-8-1-2-10(7)9-6/h1-4,11H,5H2. The first kappa shape index (κ1) is 6.30. The first-order valence-corrected chi connectivity index (χ1v) is 3.29. The molecule has 0 bridgehead atoms. The van der Waals surface area contributed by atoms with E-state index in [4.69, 9.17) is 5.11 Å². The van der Waals surface area contributed by atoms with Gasteiger partial charge in [-0.05, 0) is 6.07 Å². The predicted molar refractivity (Wildman–Crippen MR) is 38.9 cm³/mol. The monoisotopic (exact) mass is 149 g/mol. The molecular formula is C7H7N3O. The second kappa shape index (κ2) is 2.32. The maximum atomic E-state index is 8.74. The van der Waals surface area contributed by atoms with Crippen LogP contribution in [0.5, 0.6) is 0 Å². The third kappa shape index (κ3) is 0.969. The van der Waals surface area contributed by atoms with Gasteiger partial charge in [-0.2, -0.15) is 5.10 Å². The van der Waals surface area contributed by atoms with Gasteiger partial charge in [0.15, 0.2) is 0 Å². The van der Waals surface area contributed by atoms with E-state index in [1.165, 1.54) is 0 Å². The van der Waals surface area contributed by atoms with Crippen molar-refractivity contribution in [2.45, 2.75) is 6.61 Å². The largest absolute Gasteiger partial charge is 0.390 e. The van der Waals surface area contributed by atoms with Crippen molar-refractivity contribution in [3.63, 3.8) is 0 Å². The second-order valence-corrected chi connectivity index (χ2v) is 2.24. The minimum absolute atomic E-state index is 0.0261. The maximum absolute atomic E-state index is 8.74. The number of rotatable bonds is 1. The number of hydrogen-bond acceptors (Lipinski definition) is 3. The van der Waals surface area contributed by atoms with Crippen molar-refractivity contribution in [2.24, 2.45) is 0 Å². The molecule has 2 rings (SSSR count). The van der Waals surface area contributed by atoms with Crippen LogP contribution < -0.4 is 0 Å². The van der Waals surface area contributed by atoms with Crippen molar-refractivity contribution in [1.82, 2.24) is 14.6 Å². The van der Waals surface area contributed by atoms with Gasteiger partial charge in [0.05, 0.1) is 24.0 Å². The van der Waals surface area contributed by atoms with Crippen LogP contribution in [-0.4, -0.2) is 19.7 Å². The minimum Gasteiger partial charge on any atom is -0.390 e. The number of aliphatic hydroxyl groups is 1. The fourth-order valence-corrected chi connectivity index (χ4v) is 0.976. The van der Waals surface area contributed by atoms with E-state index in [9.17, 15) is 0 Å². The quantitative estimate of drug-likeness (QED) is 0.631. The lowest BCUT2D eigenvalue weighted by Gasteiger charge is -1.86. The molecule has 4 nitrogen and oxygen atoms in total. The summed E-state index contributed by atoms with van der Waals surface area (Å²) in [7, 11) is 0. The lowest BCUT2D eigenvalue weighted by atomic mass is 10.4. The molecule has 2 aromatic heterocycles. The van der Waals surface area contributed by atoms with Crippen LogP contribution in [0.3, 0.4) is 0 Å². The molecule has 4 heteroatoms. The smallest absolute Gasteiger partial charge is 0.0890 e. The van der Waals surface area contributed by atoms with Gasteiger partial charge in [0, 0.05) is 12.4 Å². The van der Waals surface area contributed by atoms with Gasteiger partial charge in [-0.3, -0.25) is 4.98 Å². The summed E-state index contributed by atoms with van der Waals surface area (Å²) in [5.41, 5.74) is 1.56. The zero-order valence-corrected chi connectivity index (χ0v) is 5.81. The average Bonchev–Trinajstić information content (AvgIpc) is 2.46. The van der Waals surface area contributed by atoms with Crippen LogP contribution in [0, 0.1) is 0 Å². The molecule has 0 radical (unpaired) electrons. The number of fused-ring (bicyclic) bond motifs is 1. The van der Waals surface area contributed by atoms with Gasteiger partial charge in [-0.15, -0.1) is 0 Å². The molecule has 0 aliphatic carbocycles. The number of hydrogen-bond donors (Lipinski definition) is 1. The summed E-state index contributed by atoms with van der Waals surface area (Å²) in [6, 6.07) is 1.80. The van der Waals surface area contributed by atoms with Gasteiger partial charge in [0.25, 0.3) is 0 Å². The van der Waals surface area contributed by atoms with Gasteiger partial charge in [-0.25, -0.2) is 4.52 Å². The lowest BCUT2D eigenvalue weighted by Crippen LogP contribution is -1.87. The van der Waals surface area contributed by atoms with Crippen LogP contribution in [0.25, 0.3) is 5.52 Å². The molecular weight excluding hydrogens is 142 g/mol. The first-order chi connectivity index (χ1) is 5.40. The Balaban J connectivity index is 2.69. The summed E-state index contributed by atoms with van der Waals surface area (Å²) < 4.78 is 1.68. The molecule has 0 aromatic carbocycles. The molecule has 56 valence electrons. The highest BCUT2D eigenvalue weighted by Gasteiger charge is 1.97. The molecule has 0 saturated carbocycles. The Morgan fingerprint density at radius 3 is 3.18 bits per heavy atom. The molecule has 0 aliphatic heterocycles. The number of nitrogens with zero attached hydrogens (tertiary/aromatic N) is 3. The third-order valence-electron chi connectivity index (χ3n) is 1.48. The fraction of sp³-hybridized carbons (Fsp3) is 0.143. The topological polar surface area (TPSA) is 50.4 Å². The zero-order valence-electron chi connectivity index (χ0n) is 5.81. The van der Waals surface area contributed by atoms with Crippen LogP contribution >= 0.6 is 0 Å². The Morgan fingerprint density at radius 2 is 2.45 bits per heavy atom. The van der Waals surface area contributed by atoms with Crippen LogP contribution in [-0.2, 0) is 6.61 Å². The minimum atomic E-state index is -0.0261. The van der Waals surface area contributed by atoms with Gasteiger partial charge < -0.3 is 5.11 Å². The number of aromatic nitrogens is 3. The van der Waals surface area contributed by atoms with Gasteiger partial charge >= 0.3 is 0 Å². The Labute approximate surface area is 63.1 Å². The highest BCUT2D eigenvalue weighted by molar-refractivity contribution is 5.44. The Morgan fingerprint density at radius 1 is 1.55 bits per heavy atom. The summed E-state index contributed by atoms with van der Waals surface area (Å²) in [4.78, 5) is 3.92. The van der Waals surface area contributed by atoms with Gasteiger partial charge in [0.2, 0.25) is 0 Å². The average molecular weight is 149 g/mol. The molecule has 0 atom stereocenters. The van der Waals surface area contributed by atoms with Crippen molar-refractivity contribution in [2.75, 3.05) is 0 Å². The maximum Gasteiger partial charge on any atom is 0.0890 e. The molecule has 0 unspecified atom stereocenters. The van der Waals surface area contributed by atoms with E-state index >= 15 is 0 Å². The van der Waals surface area contributed by atoms with Crippen LogP contribution in [0.2, 0.25) is 0 Å². The van der Waals surface area contributed by atoms with E-state index in [0.29, 0.717) is 5.69 Å². The summed E-state index contributed by atoms with van der Waals surface area (Å²) in [6.07, 6.45) is 5.10. The summed E-state index contributed by atoms with van der Waals surface area (Å²) in [5, 5.41) is 12.8. The highest BCUT2D eigenvalue weighted by Crippen LogP contribution is 2.02.